The summed E-state index contributed by atoms with van der Waals surface area (Å²) in [5.41, 5.74) is 0.718. The molecule has 0 amide bonds. The molecule has 6 heteroatoms. The molecule has 0 aliphatic rings. The van der Waals surface area contributed by atoms with Crippen LogP contribution in [-0.4, -0.2) is 28.0 Å². The second-order valence-corrected chi connectivity index (χ2v) is 4.80. The third-order valence-corrected chi connectivity index (χ3v) is 2.94. The lowest BCUT2D eigenvalue weighted by Crippen LogP contribution is -2.12. The van der Waals surface area contributed by atoms with E-state index in [4.69, 9.17) is 9.47 Å². The van der Waals surface area contributed by atoms with Crippen molar-refractivity contribution in [3.8, 4) is 11.5 Å². The number of carbonyl (C=O) groups is 1. The standard InChI is InChI=1S/C15H18N2O4/c1-10(2)17-12(15(18)19)8-11(16-17)9-21-14-7-5-4-6-13(14)20-3/h4-8,10H,9H2,1-3H3,(H,18,19). The third kappa shape index (κ3) is 3.34. The largest absolute Gasteiger partial charge is 0.493 e. The predicted molar refractivity (Wildman–Crippen MR) is 76.9 cm³/mol. The Morgan fingerprint density at radius 1 is 1.33 bits per heavy atom. The summed E-state index contributed by atoms with van der Waals surface area (Å²) in [6.07, 6.45) is 0. The number of ether oxygens (including phenoxy) is 2. The molecule has 1 aromatic carbocycles. The van der Waals surface area contributed by atoms with Crippen LogP contribution in [-0.2, 0) is 6.61 Å². The topological polar surface area (TPSA) is 73.6 Å². The van der Waals surface area contributed by atoms with Gasteiger partial charge in [-0.05, 0) is 32.0 Å². The zero-order valence-electron chi connectivity index (χ0n) is 12.2. The summed E-state index contributed by atoms with van der Waals surface area (Å²) in [5.74, 6) is 0.218. The molecule has 0 radical (unpaired) electrons. The molecular weight excluding hydrogens is 272 g/mol. The molecule has 0 fully saturated rings. The maximum absolute atomic E-state index is 11.2. The van der Waals surface area contributed by atoms with Crippen LogP contribution in [0.15, 0.2) is 30.3 Å². The lowest BCUT2D eigenvalue weighted by molar-refractivity contribution is 0.0681. The van der Waals surface area contributed by atoms with Crippen LogP contribution in [0.2, 0.25) is 0 Å². The monoisotopic (exact) mass is 290 g/mol. The zero-order chi connectivity index (χ0) is 15.4. The van der Waals surface area contributed by atoms with Crippen LogP contribution in [0.4, 0.5) is 0 Å². The Morgan fingerprint density at radius 3 is 2.52 bits per heavy atom. The molecule has 112 valence electrons. The van der Waals surface area contributed by atoms with E-state index in [1.807, 2.05) is 26.0 Å². The lowest BCUT2D eigenvalue weighted by Gasteiger charge is -2.09. The number of rotatable bonds is 6. The highest BCUT2D eigenvalue weighted by molar-refractivity contribution is 5.85. The number of nitrogens with zero attached hydrogens (tertiary/aromatic N) is 2. The predicted octanol–water partition coefficient (Wildman–Crippen LogP) is 2.75. The van der Waals surface area contributed by atoms with Gasteiger partial charge in [0.15, 0.2) is 11.5 Å². The summed E-state index contributed by atoms with van der Waals surface area (Å²) in [7, 11) is 1.57. The number of methoxy groups -OCH3 is 1. The van der Waals surface area contributed by atoms with Gasteiger partial charge < -0.3 is 14.6 Å². The van der Waals surface area contributed by atoms with Gasteiger partial charge in [0.2, 0.25) is 0 Å². The Labute approximate surface area is 122 Å². The number of aromatic carboxylic acids is 1. The molecule has 0 saturated carbocycles. The molecule has 0 spiro atoms. The first kappa shape index (κ1) is 14.9. The SMILES string of the molecule is COc1ccccc1OCc1cc(C(=O)O)n(C(C)C)n1. The molecule has 21 heavy (non-hydrogen) atoms. The van der Waals surface area contributed by atoms with Crippen LogP contribution in [0.1, 0.15) is 36.1 Å². The van der Waals surface area contributed by atoms with Gasteiger partial charge in [-0.15, -0.1) is 0 Å². The van der Waals surface area contributed by atoms with Crippen LogP contribution in [0.5, 0.6) is 11.5 Å². The first-order chi connectivity index (χ1) is 10.0. The first-order valence-corrected chi connectivity index (χ1v) is 6.60. The van der Waals surface area contributed by atoms with Crippen molar-refractivity contribution in [2.24, 2.45) is 0 Å². The molecule has 1 aromatic heterocycles. The van der Waals surface area contributed by atoms with E-state index in [0.29, 0.717) is 17.2 Å². The Balaban J connectivity index is 2.17. The van der Waals surface area contributed by atoms with E-state index in [2.05, 4.69) is 5.10 Å². The highest BCUT2D eigenvalue weighted by Gasteiger charge is 2.16. The smallest absolute Gasteiger partial charge is 0.354 e. The summed E-state index contributed by atoms with van der Waals surface area (Å²) in [6.45, 7) is 3.94. The maximum atomic E-state index is 11.2. The van der Waals surface area contributed by atoms with Crippen molar-refractivity contribution in [3.05, 3.63) is 41.7 Å². The molecule has 0 aliphatic heterocycles. The molecule has 0 atom stereocenters. The minimum atomic E-state index is -1.00. The van der Waals surface area contributed by atoms with Crippen LogP contribution >= 0.6 is 0 Å². The Hall–Kier alpha value is -2.50. The van der Waals surface area contributed by atoms with E-state index >= 15 is 0 Å². The van der Waals surface area contributed by atoms with Crippen LogP contribution in [0, 0.1) is 0 Å². The van der Waals surface area contributed by atoms with Crippen molar-refractivity contribution >= 4 is 5.97 Å². The minimum Gasteiger partial charge on any atom is -0.493 e. The van der Waals surface area contributed by atoms with Crippen LogP contribution in [0.25, 0.3) is 0 Å². The highest BCUT2D eigenvalue weighted by atomic mass is 16.5. The fourth-order valence-corrected chi connectivity index (χ4v) is 1.96. The first-order valence-electron chi connectivity index (χ1n) is 6.60. The molecular formula is C15H18N2O4. The van der Waals surface area contributed by atoms with Gasteiger partial charge in [-0.1, -0.05) is 12.1 Å². The van der Waals surface area contributed by atoms with Crippen molar-refractivity contribution in [2.75, 3.05) is 7.11 Å². The van der Waals surface area contributed by atoms with E-state index < -0.39 is 5.97 Å². The molecule has 1 N–H and O–H groups in total. The number of carboxylic acids is 1. The fraction of sp³-hybridized carbons (Fsp3) is 0.333. The molecule has 0 bridgehead atoms. The highest BCUT2D eigenvalue weighted by Crippen LogP contribution is 2.26. The molecule has 2 aromatic rings. The van der Waals surface area contributed by atoms with E-state index in [0.717, 1.165) is 0 Å². The van der Waals surface area contributed by atoms with Crippen molar-refractivity contribution in [1.29, 1.82) is 0 Å². The minimum absolute atomic E-state index is 0.0314. The van der Waals surface area contributed by atoms with E-state index in [-0.39, 0.29) is 18.3 Å². The number of hydrogen-bond donors (Lipinski definition) is 1. The van der Waals surface area contributed by atoms with Gasteiger partial charge in [-0.2, -0.15) is 5.10 Å². The second-order valence-electron chi connectivity index (χ2n) is 4.80. The number of hydrogen-bond acceptors (Lipinski definition) is 4. The van der Waals surface area contributed by atoms with Crippen molar-refractivity contribution in [1.82, 2.24) is 9.78 Å². The zero-order valence-corrected chi connectivity index (χ0v) is 12.2. The summed E-state index contributed by atoms with van der Waals surface area (Å²) in [6, 6.07) is 8.77. The average molecular weight is 290 g/mol. The van der Waals surface area contributed by atoms with E-state index in [1.165, 1.54) is 10.7 Å². The second kappa shape index (κ2) is 6.30. The van der Waals surface area contributed by atoms with Gasteiger partial charge in [0, 0.05) is 6.04 Å². The molecule has 1 heterocycles. The molecule has 0 unspecified atom stereocenters. The lowest BCUT2D eigenvalue weighted by atomic mass is 10.3. The summed E-state index contributed by atoms with van der Waals surface area (Å²) >= 11 is 0. The number of aromatic nitrogens is 2. The Kier molecular flexibility index (Phi) is 4.47. The van der Waals surface area contributed by atoms with Gasteiger partial charge in [0.05, 0.1) is 7.11 Å². The number of benzene rings is 1. The quantitative estimate of drug-likeness (QED) is 0.885. The summed E-state index contributed by atoms with van der Waals surface area (Å²) in [4.78, 5) is 11.2. The van der Waals surface area contributed by atoms with E-state index in [1.54, 1.807) is 19.2 Å². The van der Waals surface area contributed by atoms with Crippen molar-refractivity contribution < 1.29 is 19.4 Å². The average Bonchev–Trinajstić information content (AvgIpc) is 2.90. The van der Waals surface area contributed by atoms with Crippen molar-refractivity contribution in [3.63, 3.8) is 0 Å². The Morgan fingerprint density at radius 2 is 2.00 bits per heavy atom. The van der Waals surface area contributed by atoms with E-state index in [9.17, 15) is 9.90 Å². The molecule has 0 saturated heterocycles. The molecule has 6 nitrogen and oxygen atoms in total. The molecule has 2 rings (SSSR count). The van der Waals surface area contributed by atoms with Gasteiger partial charge in [0.25, 0.3) is 0 Å². The van der Waals surface area contributed by atoms with Crippen LogP contribution in [0.3, 0.4) is 0 Å². The van der Waals surface area contributed by atoms with Crippen LogP contribution < -0.4 is 9.47 Å². The van der Waals surface area contributed by atoms with Gasteiger partial charge >= 0.3 is 5.97 Å². The fourth-order valence-electron chi connectivity index (χ4n) is 1.96. The summed E-state index contributed by atoms with van der Waals surface area (Å²) < 4.78 is 12.3. The number of para-hydroxylation sites is 2. The van der Waals surface area contributed by atoms with Crippen molar-refractivity contribution in [2.45, 2.75) is 26.5 Å². The van der Waals surface area contributed by atoms with Gasteiger partial charge in [-0.25, -0.2) is 4.79 Å². The third-order valence-electron chi connectivity index (χ3n) is 2.94. The summed E-state index contributed by atoms with van der Waals surface area (Å²) in [5, 5.41) is 13.4. The maximum Gasteiger partial charge on any atom is 0.354 e. The van der Waals surface area contributed by atoms with Gasteiger partial charge in [-0.3, -0.25) is 4.68 Å². The Bertz CT molecular complexity index is 634. The molecule has 0 aliphatic carbocycles. The normalized spacial score (nSPS) is 10.7. The van der Waals surface area contributed by atoms with Gasteiger partial charge in [0.1, 0.15) is 18.0 Å². The number of carboxylic acid groups (broad SMARTS) is 1.